The van der Waals surface area contributed by atoms with E-state index in [9.17, 15) is 21.6 Å². The number of alkyl halides is 3. The van der Waals surface area contributed by atoms with Crippen LogP contribution in [-0.2, 0) is 10.0 Å². The van der Waals surface area contributed by atoms with E-state index in [4.69, 9.17) is 5.84 Å². The predicted octanol–water partition coefficient (Wildman–Crippen LogP) is 0.986. The number of nitrogens with one attached hydrogen (secondary N) is 2. The van der Waals surface area contributed by atoms with Crippen LogP contribution in [-0.4, -0.2) is 25.6 Å². The first-order valence-electron chi connectivity index (χ1n) is 5.15. The first kappa shape index (κ1) is 15.7. The fraction of sp³-hybridized carbons (Fsp3) is 0.444. The van der Waals surface area contributed by atoms with E-state index in [2.05, 4.69) is 10.4 Å². The first-order valence-corrected chi connectivity index (χ1v) is 6.64. The average Bonchev–Trinajstić information content (AvgIpc) is 2.25. The molecular weight excluding hydrogens is 285 g/mol. The van der Waals surface area contributed by atoms with Crippen molar-refractivity contribution in [3.05, 3.63) is 18.5 Å². The molecule has 1 unspecified atom stereocenters. The number of nitrogens with zero attached hydrogens (tertiary/aromatic N) is 1. The van der Waals surface area contributed by atoms with Crippen LogP contribution in [0.25, 0.3) is 0 Å². The lowest BCUT2D eigenvalue weighted by atomic mass is 10.2. The van der Waals surface area contributed by atoms with Gasteiger partial charge in [0.2, 0.25) is 10.0 Å². The average molecular weight is 298 g/mol. The van der Waals surface area contributed by atoms with E-state index < -0.39 is 28.7 Å². The molecule has 4 N–H and O–H groups in total. The molecule has 1 atom stereocenters. The summed E-state index contributed by atoms with van der Waals surface area (Å²) in [5.74, 6) is 5.13. The van der Waals surface area contributed by atoms with Crippen LogP contribution >= 0.6 is 0 Å². The Morgan fingerprint density at radius 1 is 1.47 bits per heavy atom. The molecule has 0 aliphatic rings. The molecule has 0 aromatic carbocycles. The molecule has 0 fully saturated rings. The molecule has 19 heavy (non-hydrogen) atoms. The van der Waals surface area contributed by atoms with Crippen LogP contribution in [0.1, 0.15) is 13.3 Å². The first-order chi connectivity index (χ1) is 8.65. The maximum Gasteiger partial charge on any atom is 0.390 e. The highest BCUT2D eigenvalue weighted by atomic mass is 32.2. The minimum atomic E-state index is -4.45. The zero-order valence-corrected chi connectivity index (χ0v) is 10.7. The van der Waals surface area contributed by atoms with Crippen LogP contribution in [0, 0.1) is 0 Å². The topological polar surface area (TPSA) is 97.1 Å². The van der Waals surface area contributed by atoms with E-state index >= 15 is 0 Å². The van der Waals surface area contributed by atoms with Gasteiger partial charge in [-0.15, -0.1) is 0 Å². The Labute approximate surface area is 108 Å². The number of aromatic nitrogens is 1. The molecule has 1 heterocycles. The molecule has 0 bridgehead atoms. The third kappa shape index (κ3) is 4.65. The third-order valence-corrected chi connectivity index (χ3v) is 3.74. The molecule has 0 radical (unpaired) electrons. The van der Waals surface area contributed by atoms with E-state index in [1.807, 2.05) is 4.72 Å². The Bertz CT molecular complexity index is 533. The van der Waals surface area contributed by atoms with Crippen molar-refractivity contribution in [3.8, 4) is 0 Å². The highest BCUT2D eigenvalue weighted by molar-refractivity contribution is 7.89. The molecule has 0 aliphatic heterocycles. The van der Waals surface area contributed by atoms with E-state index in [0.717, 1.165) is 13.1 Å². The van der Waals surface area contributed by atoms with Crippen molar-refractivity contribution in [1.82, 2.24) is 9.71 Å². The highest BCUT2D eigenvalue weighted by Crippen LogP contribution is 2.23. The summed E-state index contributed by atoms with van der Waals surface area (Å²) < 4.78 is 62.2. The summed E-state index contributed by atoms with van der Waals surface area (Å²) in [4.78, 5) is 3.29. The van der Waals surface area contributed by atoms with Gasteiger partial charge in [-0.3, -0.25) is 10.8 Å². The van der Waals surface area contributed by atoms with Gasteiger partial charge in [0.05, 0.1) is 12.1 Å². The van der Waals surface area contributed by atoms with Gasteiger partial charge in [0, 0.05) is 18.4 Å². The highest BCUT2D eigenvalue weighted by Gasteiger charge is 2.32. The van der Waals surface area contributed by atoms with Crippen LogP contribution in [0.5, 0.6) is 0 Å². The van der Waals surface area contributed by atoms with Crippen LogP contribution < -0.4 is 16.0 Å². The predicted molar refractivity (Wildman–Crippen MR) is 62.5 cm³/mol. The molecule has 0 saturated carbocycles. The van der Waals surface area contributed by atoms with Crippen LogP contribution in [0.4, 0.5) is 18.9 Å². The second-order valence-electron chi connectivity index (χ2n) is 3.86. The number of hydrogen-bond acceptors (Lipinski definition) is 5. The number of nitrogen functional groups attached to an aromatic ring is 1. The van der Waals surface area contributed by atoms with Crippen LogP contribution in [0.2, 0.25) is 0 Å². The zero-order chi connectivity index (χ0) is 14.7. The summed E-state index contributed by atoms with van der Waals surface area (Å²) in [6.45, 7) is 1.12. The molecule has 0 aliphatic carbocycles. The lowest BCUT2D eigenvalue weighted by Gasteiger charge is -2.17. The van der Waals surface area contributed by atoms with Gasteiger partial charge in [-0.2, -0.15) is 13.2 Å². The molecule has 1 aromatic rings. The molecule has 1 aromatic heterocycles. The maximum atomic E-state index is 12.1. The summed E-state index contributed by atoms with van der Waals surface area (Å²) in [5, 5.41) is 0. The fourth-order valence-electron chi connectivity index (χ4n) is 1.43. The van der Waals surface area contributed by atoms with Gasteiger partial charge in [-0.25, -0.2) is 13.1 Å². The molecule has 1 rings (SSSR count). The Hall–Kier alpha value is -1.39. The Morgan fingerprint density at radius 3 is 2.63 bits per heavy atom. The van der Waals surface area contributed by atoms with Crippen molar-refractivity contribution in [2.24, 2.45) is 5.84 Å². The SMILES string of the molecule is CC(CC(F)(F)F)NS(=O)(=O)c1cnccc1NN. The minimum Gasteiger partial charge on any atom is -0.323 e. The largest absolute Gasteiger partial charge is 0.390 e. The van der Waals surface area contributed by atoms with Gasteiger partial charge in [0.15, 0.2) is 0 Å². The van der Waals surface area contributed by atoms with E-state index in [1.165, 1.54) is 12.3 Å². The Kier molecular flexibility index (Phi) is 4.71. The van der Waals surface area contributed by atoms with Crippen molar-refractivity contribution >= 4 is 15.7 Å². The van der Waals surface area contributed by atoms with Gasteiger partial charge in [-0.1, -0.05) is 0 Å². The molecule has 10 heteroatoms. The second-order valence-corrected chi connectivity index (χ2v) is 5.54. The van der Waals surface area contributed by atoms with Gasteiger partial charge in [0.1, 0.15) is 4.90 Å². The molecule has 0 saturated heterocycles. The third-order valence-electron chi connectivity index (χ3n) is 2.12. The van der Waals surface area contributed by atoms with E-state index in [0.29, 0.717) is 0 Å². The zero-order valence-electron chi connectivity index (χ0n) is 9.90. The number of anilines is 1. The standard InChI is InChI=1S/C9H13F3N4O2S/c1-6(4-9(10,11)12)16-19(17,18)8-5-14-3-2-7(8)15-13/h2-3,5-6,16H,4,13H2,1H3,(H,14,15). The van der Waals surface area contributed by atoms with Gasteiger partial charge in [-0.05, 0) is 13.0 Å². The fourth-order valence-corrected chi connectivity index (χ4v) is 2.79. The summed E-state index contributed by atoms with van der Waals surface area (Å²) >= 11 is 0. The van der Waals surface area contributed by atoms with Crippen molar-refractivity contribution < 1.29 is 21.6 Å². The van der Waals surface area contributed by atoms with Crippen molar-refractivity contribution in [2.45, 2.75) is 30.5 Å². The normalized spacial score (nSPS) is 14.2. The summed E-state index contributed by atoms with van der Waals surface area (Å²) in [7, 11) is -4.13. The summed E-state index contributed by atoms with van der Waals surface area (Å²) in [6.07, 6.45) is -3.42. The number of hydrogen-bond donors (Lipinski definition) is 3. The lowest BCUT2D eigenvalue weighted by molar-refractivity contribution is -0.137. The smallest absolute Gasteiger partial charge is 0.323 e. The van der Waals surface area contributed by atoms with Crippen molar-refractivity contribution in [2.75, 3.05) is 5.43 Å². The minimum absolute atomic E-state index is 0.0432. The van der Waals surface area contributed by atoms with E-state index in [1.54, 1.807) is 0 Å². The molecule has 0 amide bonds. The van der Waals surface area contributed by atoms with Gasteiger partial charge < -0.3 is 5.43 Å². The summed E-state index contributed by atoms with van der Waals surface area (Å²) in [5.41, 5.74) is 2.19. The molecule has 108 valence electrons. The van der Waals surface area contributed by atoms with Gasteiger partial charge in [0.25, 0.3) is 0 Å². The molecule has 0 spiro atoms. The lowest BCUT2D eigenvalue weighted by Crippen LogP contribution is -2.36. The molecule has 6 nitrogen and oxygen atoms in total. The second kappa shape index (κ2) is 5.72. The Morgan fingerprint density at radius 2 is 2.11 bits per heavy atom. The summed E-state index contributed by atoms with van der Waals surface area (Å²) in [6, 6.07) is -0.000896. The number of sulfonamides is 1. The number of nitrogens with two attached hydrogens (primary N) is 1. The Balaban J connectivity index is 2.93. The monoisotopic (exact) mass is 298 g/mol. The van der Waals surface area contributed by atoms with Crippen LogP contribution in [0.3, 0.4) is 0 Å². The number of rotatable bonds is 5. The van der Waals surface area contributed by atoms with Crippen molar-refractivity contribution in [3.63, 3.8) is 0 Å². The van der Waals surface area contributed by atoms with Gasteiger partial charge >= 0.3 is 6.18 Å². The quantitative estimate of drug-likeness (QED) is 0.556. The maximum absolute atomic E-state index is 12.1. The number of pyridine rings is 1. The van der Waals surface area contributed by atoms with Crippen molar-refractivity contribution in [1.29, 1.82) is 0 Å². The number of halogens is 3. The van der Waals surface area contributed by atoms with Crippen LogP contribution in [0.15, 0.2) is 23.4 Å². The van der Waals surface area contributed by atoms with E-state index in [-0.39, 0.29) is 10.6 Å². The number of hydrazine groups is 1. The molecular formula is C9H13F3N4O2S.